The molecule has 0 aromatic heterocycles. The lowest BCUT2D eigenvalue weighted by molar-refractivity contribution is 0.0185. The zero-order chi connectivity index (χ0) is 14.8. The highest BCUT2D eigenvalue weighted by Gasteiger charge is 2.43. The summed E-state index contributed by atoms with van der Waals surface area (Å²) < 4.78 is 13.1. The molecule has 0 spiro atoms. The smallest absolute Gasteiger partial charge is 0.124 e. The Morgan fingerprint density at radius 2 is 2.35 bits per heavy atom. The van der Waals surface area contributed by atoms with Crippen molar-refractivity contribution in [1.82, 2.24) is 0 Å². The van der Waals surface area contributed by atoms with Crippen LogP contribution in [0, 0.1) is 28.5 Å². The van der Waals surface area contributed by atoms with Crippen molar-refractivity contribution >= 4 is 11.6 Å². The van der Waals surface area contributed by atoms with Gasteiger partial charge in [0.05, 0.1) is 17.6 Å². The van der Waals surface area contributed by atoms with Gasteiger partial charge in [0.2, 0.25) is 0 Å². The van der Waals surface area contributed by atoms with Crippen molar-refractivity contribution in [1.29, 1.82) is 5.26 Å². The Balaban J connectivity index is 2.33. The molecule has 1 aliphatic rings. The van der Waals surface area contributed by atoms with E-state index in [1.54, 1.807) is 0 Å². The van der Waals surface area contributed by atoms with E-state index in [0.717, 1.165) is 19.3 Å². The Labute approximate surface area is 124 Å². The van der Waals surface area contributed by atoms with Crippen LogP contribution in [0.5, 0.6) is 0 Å². The summed E-state index contributed by atoms with van der Waals surface area (Å²) in [7, 11) is 0. The molecular formula is C16H19ClFNO. The second-order valence-corrected chi connectivity index (χ2v) is 6.11. The van der Waals surface area contributed by atoms with Gasteiger partial charge < -0.3 is 5.11 Å². The molecule has 0 radical (unpaired) electrons. The number of nitrogens with zero attached hydrogens (tertiary/aromatic N) is 1. The minimum Gasteiger partial charge on any atom is -0.387 e. The van der Waals surface area contributed by atoms with E-state index in [9.17, 15) is 14.8 Å². The van der Waals surface area contributed by atoms with Crippen LogP contribution >= 0.6 is 11.6 Å². The minimum atomic E-state index is -0.963. The molecule has 1 aromatic rings. The fourth-order valence-electron chi connectivity index (χ4n) is 3.21. The number of hydrogen-bond donors (Lipinski definition) is 1. The number of halogens is 2. The topological polar surface area (TPSA) is 44.0 Å². The molecule has 1 aromatic carbocycles. The second kappa shape index (κ2) is 6.11. The van der Waals surface area contributed by atoms with Crippen molar-refractivity contribution in [3.63, 3.8) is 0 Å². The third kappa shape index (κ3) is 2.82. The maximum Gasteiger partial charge on any atom is 0.124 e. The van der Waals surface area contributed by atoms with Crippen LogP contribution in [0.15, 0.2) is 18.2 Å². The van der Waals surface area contributed by atoms with E-state index < -0.39 is 17.3 Å². The maximum atomic E-state index is 13.1. The molecule has 108 valence electrons. The Morgan fingerprint density at radius 3 is 2.95 bits per heavy atom. The van der Waals surface area contributed by atoms with Crippen LogP contribution in [-0.4, -0.2) is 5.11 Å². The van der Waals surface area contributed by atoms with Gasteiger partial charge in [-0.25, -0.2) is 4.39 Å². The first-order chi connectivity index (χ1) is 9.52. The first kappa shape index (κ1) is 15.3. The van der Waals surface area contributed by atoms with Gasteiger partial charge in [0.15, 0.2) is 0 Å². The highest BCUT2D eigenvalue weighted by Crippen LogP contribution is 2.49. The number of benzene rings is 1. The first-order valence-corrected chi connectivity index (χ1v) is 7.44. The lowest BCUT2D eigenvalue weighted by Gasteiger charge is -2.39. The number of aliphatic hydroxyl groups excluding tert-OH is 1. The van der Waals surface area contributed by atoms with Crippen molar-refractivity contribution in [2.45, 2.75) is 45.1 Å². The third-order valence-electron chi connectivity index (χ3n) is 4.47. The van der Waals surface area contributed by atoms with Crippen molar-refractivity contribution in [2.75, 3.05) is 0 Å². The van der Waals surface area contributed by atoms with E-state index >= 15 is 0 Å². The summed E-state index contributed by atoms with van der Waals surface area (Å²) in [4.78, 5) is 0. The molecule has 4 heteroatoms. The number of nitriles is 1. The molecule has 0 saturated heterocycles. The SMILES string of the molecule is CCC1CCCC(C#N)(C(O)c2ccc(F)cc2Cl)C1. The fourth-order valence-corrected chi connectivity index (χ4v) is 3.48. The zero-order valence-corrected chi connectivity index (χ0v) is 12.3. The van der Waals surface area contributed by atoms with Crippen molar-refractivity contribution in [3.05, 3.63) is 34.6 Å². The van der Waals surface area contributed by atoms with Crippen LogP contribution < -0.4 is 0 Å². The normalized spacial score (nSPS) is 27.9. The van der Waals surface area contributed by atoms with Gasteiger partial charge >= 0.3 is 0 Å². The second-order valence-electron chi connectivity index (χ2n) is 5.71. The molecule has 0 bridgehead atoms. The van der Waals surface area contributed by atoms with Gasteiger partial charge in [0, 0.05) is 10.6 Å². The Hall–Kier alpha value is -1.11. The Bertz CT molecular complexity index is 528. The molecule has 20 heavy (non-hydrogen) atoms. The molecule has 1 fully saturated rings. The molecule has 1 N–H and O–H groups in total. The molecule has 1 aliphatic carbocycles. The predicted octanol–water partition coefficient (Wildman–Crippen LogP) is 4.62. The highest BCUT2D eigenvalue weighted by molar-refractivity contribution is 6.31. The zero-order valence-electron chi connectivity index (χ0n) is 11.6. The van der Waals surface area contributed by atoms with E-state index in [1.165, 1.54) is 18.2 Å². The predicted molar refractivity (Wildman–Crippen MR) is 76.7 cm³/mol. The maximum absolute atomic E-state index is 13.1. The van der Waals surface area contributed by atoms with Crippen LogP contribution in [0.1, 0.15) is 50.7 Å². The van der Waals surface area contributed by atoms with E-state index in [-0.39, 0.29) is 5.02 Å². The van der Waals surface area contributed by atoms with Gasteiger partial charge in [-0.15, -0.1) is 0 Å². The van der Waals surface area contributed by atoms with Crippen molar-refractivity contribution in [2.24, 2.45) is 11.3 Å². The number of hydrogen-bond acceptors (Lipinski definition) is 2. The summed E-state index contributed by atoms with van der Waals surface area (Å²) in [5.74, 6) is 0.0179. The molecule has 2 rings (SSSR count). The van der Waals surface area contributed by atoms with Gasteiger partial charge in [-0.1, -0.05) is 43.9 Å². The summed E-state index contributed by atoms with van der Waals surface area (Å²) in [5, 5.41) is 20.4. The molecule has 2 nitrogen and oxygen atoms in total. The molecule has 0 heterocycles. The van der Waals surface area contributed by atoms with Gasteiger partial charge in [-0.3, -0.25) is 0 Å². The van der Waals surface area contributed by atoms with Crippen LogP contribution in [0.4, 0.5) is 4.39 Å². The Kier molecular flexibility index (Phi) is 4.67. The van der Waals surface area contributed by atoms with Crippen LogP contribution in [0.3, 0.4) is 0 Å². The van der Waals surface area contributed by atoms with Gasteiger partial charge in [-0.05, 0) is 30.9 Å². The Morgan fingerprint density at radius 1 is 1.60 bits per heavy atom. The summed E-state index contributed by atoms with van der Waals surface area (Å²) in [6.45, 7) is 2.11. The summed E-state index contributed by atoms with van der Waals surface area (Å²) in [6.07, 6.45) is 3.41. The van der Waals surface area contributed by atoms with Crippen LogP contribution in [0.2, 0.25) is 5.02 Å². The molecular weight excluding hydrogens is 277 g/mol. The van der Waals surface area contributed by atoms with Crippen molar-refractivity contribution in [3.8, 4) is 6.07 Å². The standard InChI is InChI=1S/C16H19ClFNO/c1-2-11-4-3-7-16(9-11,10-19)15(20)13-6-5-12(18)8-14(13)17/h5-6,8,11,15,20H,2-4,7,9H2,1H3. The number of rotatable bonds is 3. The van der Waals surface area contributed by atoms with Crippen LogP contribution in [-0.2, 0) is 0 Å². The van der Waals surface area contributed by atoms with Gasteiger partial charge in [0.1, 0.15) is 5.82 Å². The molecule has 1 saturated carbocycles. The monoisotopic (exact) mass is 295 g/mol. The molecule has 0 amide bonds. The molecule has 3 unspecified atom stereocenters. The summed E-state index contributed by atoms with van der Waals surface area (Å²) in [6, 6.07) is 6.26. The van der Waals surface area contributed by atoms with E-state index in [1.807, 2.05) is 0 Å². The highest BCUT2D eigenvalue weighted by atomic mass is 35.5. The summed E-state index contributed by atoms with van der Waals surface area (Å²) >= 11 is 6.02. The lowest BCUT2D eigenvalue weighted by atomic mass is 9.65. The van der Waals surface area contributed by atoms with E-state index in [0.29, 0.717) is 24.3 Å². The van der Waals surface area contributed by atoms with E-state index in [2.05, 4.69) is 13.0 Å². The third-order valence-corrected chi connectivity index (χ3v) is 4.80. The molecule has 0 aliphatic heterocycles. The quantitative estimate of drug-likeness (QED) is 0.884. The van der Waals surface area contributed by atoms with Crippen molar-refractivity contribution < 1.29 is 9.50 Å². The van der Waals surface area contributed by atoms with E-state index in [4.69, 9.17) is 11.6 Å². The largest absolute Gasteiger partial charge is 0.387 e. The molecule has 3 atom stereocenters. The average Bonchev–Trinajstić information content (AvgIpc) is 2.46. The van der Waals surface area contributed by atoms with Gasteiger partial charge in [-0.2, -0.15) is 5.26 Å². The van der Waals surface area contributed by atoms with Crippen LogP contribution in [0.25, 0.3) is 0 Å². The average molecular weight is 296 g/mol. The number of aliphatic hydroxyl groups is 1. The fraction of sp³-hybridized carbons (Fsp3) is 0.562. The summed E-state index contributed by atoms with van der Waals surface area (Å²) in [5.41, 5.74) is -0.355. The minimum absolute atomic E-state index is 0.186. The lowest BCUT2D eigenvalue weighted by Crippen LogP contribution is -2.33. The van der Waals surface area contributed by atoms with Gasteiger partial charge in [0.25, 0.3) is 0 Å². The first-order valence-electron chi connectivity index (χ1n) is 7.06.